The van der Waals surface area contributed by atoms with Gasteiger partial charge in [-0.3, -0.25) is 0 Å². The largest absolute Gasteiger partial charge is 0.507 e. The predicted molar refractivity (Wildman–Crippen MR) is 72.2 cm³/mol. The minimum absolute atomic E-state index is 0.187. The minimum atomic E-state index is 0.187. The molecule has 3 rings (SSSR count). The summed E-state index contributed by atoms with van der Waals surface area (Å²) in [6.07, 6.45) is 0. The van der Waals surface area contributed by atoms with Gasteiger partial charge in [0.05, 0.1) is 17.7 Å². The zero-order chi connectivity index (χ0) is 13.2. The summed E-state index contributed by atoms with van der Waals surface area (Å²) in [6.45, 7) is 2.47. The molecule has 0 spiro atoms. The number of fused-ring (bicyclic) bond motifs is 1. The number of nitrogens with one attached hydrogen (secondary N) is 1. The normalized spacial score (nSPS) is 10.8. The molecule has 3 aromatic rings. The topological polar surface area (TPSA) is 71.0 Å². The summed E-state index contributed by atoms with van der Waals surface area (Å²) in [6, 6.07) is 10.7. The number of aromatic hydroxyl groups is 1. The van der Waals surface area contributed by atoms with Gasteiger partial charge in [0.15, 0.2) is 5.65 Å². The van der Waals surface area contributed by atoms with E-state index in [0.29, 0.717) is 29.5 Å². The summed E-state index contributed by atoms with van der Waals surface area (Å²) >= 11 is 0. The molecular formula is C14H13N3O2. The molecule has 0 fully saturated rings. The van der Waals surface area contributed by atoms with Gasteiger partial charge in [0.1, 0.15) is 11.6 Å². The van der Waals surface area contributed by atoms with Crippen LogP contribution in [-0.4, -0.2) is 26.7 Å². The number of imidazole rings is 1. The van der Waals surface area contributed by atoms with Crippen LogP contribution in [0, 0.1) is 0 Å². The number of nitrogens with zero attached hydrogens (tertiary/aromatic N) is 2. The molecule has 0 aliphatic carbocycles. The predicted octanol–water partition coefficient (Wildman–Crippen LogP) is 2.73. The van der Waals surface area contributed by atoms with Gasteiger partial charge < -0.3 is 14.8 Å². The highest BCUT2D eigenvalue weighted by Crippen LogP contribution is 2.28. The van der Waals surface area contributed by atoms with Gasteiger partial charge in [0.25, 0.3) is 0 Å². The van der Waals surface area contributed by atoms with Gasteiger partial charge in [-0.1, -0.05) is 12.1 Å². The Balaban J connectivity index is 2.09. The monoisotopic (exact) mass is 255 g/mol. The lowest BCUT2D eigenvalue weighted by molar-refractivity contribution is 0.328. The van der Waals surface area contributed by atoms with Crippen molar-refractivity contribution in [2.75, 3.05) is 6.61 Å². The van der Waals surface area contributed by atoms with Crippen LogP contribution in [0.15, 0.2) is 36.4 Å². The molecule has 5 heteroatoms. The second-order valence-electron chi connectivity index (χ2n) is 4.06. The maximum atomic E-state index is 9.82. The molecule has 0 radical (unpaired) electrons. The van der Waals surface area contributed by atoms with E-state index in [4.69, 9.17) is 4.74 Å². The number of para-hydroxylation sites is 1. The molecule has 0 saturated carbocycles. The van der Waals surface area contributed by atoms with Crippen molar-refractivity contribution in [3.63, 3.8) is 0 Å². The SMILES string of the molecule is CCOc1ccc2[nH]c(-c3ccccc3O)nc2n1. The first kappa shape index (κ1) is 11.5. The van der Waals surface area contributed by atoms with Crippen molar-refractivity contribution in [2.24, 2.45) is 0 Å². The molecule has 0 amide bonds. The van der Waals surface area contributed by atoms with Crippen LogP contribution in [0.5, 0.6) is 11.6 Å². The van der Waals surface area contributed by atoms with E-state index >= 15 is 0 Å². The fraction of sp³-hybridized carbons (Fsp3) is 0.143. The summed E-state index contributed by atoms with van der Waals surface area (Å²) in [5.41, 5.74) is 2.03. The fourth-order valence-electron chi connectivity index (χ4n) is 1.90. The first-order valence-electron chi connectivity index (χ1n) is 6.06. The van der Waals surface area contributed by atoms with Gasteiger partial charge >= 0.3 is 0 Å². The number of phenols is 1. The average molecular weight is 255 g/mol. The van der Waals surface area contributed by atoms with E-state index in [1.165, 1.54) is 0 Å². The summed E-state index contributed by atoms with van der Waals surface area (Å²) < 4.78 is 5.34. The number of rotatable bonds is 3. The third-order valence-electron chi connectivity index (χ3n) is 2.77. The quantitative estimate of drug-likeness (QED) is 0.754. The Bertz CT molecular complexity index is 722. The molecule has 0 aliphatic rings. The lowest BCUT2D eigenvalue weighted by Crippen LogP contribution is -1.93. The molecular weight excluding hydrogens is 242 g/mol. The number of pyridine rings is 1. The van der Waals surface area contributed by atoms with Gasteiger partial charge in [-0.05, 0) is 25.1 Å². The van der Waals surface area contributed by atoms with Crippen LogP contribution in [0.3, 0.4) is 0 Å². The van der Waals surface area contributed by atoms with Crippen molar-refractivity contribution in [1.82, 2.24) is 15.0 Å². The molecule has 2 heterocycles. The molecule has 2 N–H and O–H groups in total. The number of hydrogen-bond acceptors (Lipinski definition) is 4. The zero-order valence-electron chi connectivity index (χ0n) is 10.4. The summed E-state index contributed by atoms with van der Waals surface area (Å²) in [7, 11) is 0. The van der Waals surface area contributed by atoms with Gasteiger partial charge in [0, 0.05) is 6.07 Å². The first-order chi connectivity index (χ1) is 9.28. The molecule has 1 aromatic carbocycles. The Kier molecular flexibility index (Phi) is 2.79. The molecule has 96 valence electrons. The van der Waals surface area contributed by atoms with E-state index in [1.807, 2.05) is 19.1 Å². The fourth-order valence-corrected chi connectivity index (χ4v) is 1.90. The molecule has 0 unspecified atom stereocenters. The number of aromatic nitrogens is 3. The van der Waals surface area contributed by atoms with E-state index in [0.717, 1.165) is 5.52 Å². The van der Waals surface area contributed by atoms with E-state index < -0.39 is 0 Å². The van der Waals surface area contributed by atoms with E-state index in [2.05, 4.69) is 15.0 Å². The summed E-state index contributed by atoms with van der Waals surface area (Å²) in [5.74, 6) is 1.33. The Hall–Kier alpha value is -2.56. The van der Waals surface area contributed by atoms with Crippen LogP contribution in [0.25, 0.3) is 22.6 Å². The smallest absolute Gasteiger partial charge is 0.215 e. The second-order valence-corrected chi connectivity index (χ2v) is 4.06. The Labute approximate surface area is 109 Å². The highest BCUT2D eigenvalue weighted by atomic mass is 16.5. The van der Waals surface area contributed by atoms with Crippen molar-refractivity contribution in [3.8, 4) is 23.0 Å². The molecule has 0 aliphatic heterocycles. The number of aromatic amines is 1. The van der Waals surface area contributed by atoms with Crippen LogP contribution in [0.4, 0.5) is 0 Å². The molecule has 19 heavy (non-hydrogen) atoms. The summed E-state index contributed by atoms with van der Waals surface area (Å²) in [5, 5.41) is 9.82. The number of phenolic OH excluding ortho intramolecular Hbond substituents is 1. The van der Waals surface area contributed by atoms with Crippen molar-refractivity contribution >= 4 is 11.2 Å². The van der Waals surface area contributed by atoms with Crippen LogP contribution in [-0.2, 0) is 0 Å². The lowest BCUT2D eigenvalue weighted by Gasteiger charge is -1.99. The zero-order valence-corrected chi connectivity index (χ0v) is 10.4. The number of H-pyrrole nitrogens is 1. The van der Waals surface area contributed by atoms with Crippen LogP contribution in [0.1, 0.15) is 6.92 Å². The average Bonchev–Trinajstić information content (AvgIpc) is 2.82. The number of hydrogen-bond donors (Lipinski definition) is 2. The van der Waals surface area contributed by atoms with Crippen molar-refractivity contribution in [3.05, 3.63) is 36.4 Å². The number of ether oxygens (including phenoxy) is 1. The van der Waals surface area contributed by atoms with E-state index in [1.54, 1.807) is 24.3 Å². The van der Waals surface area contributed by atoms with Crippen molar-refractivity contribution in [2.45, 2.75) is 6.92 Å². The maximum absolute atomic E-state index is 9.82. The van der Waals surface area contributed by atoms with Crippen LogP contribution < -0.4 is 4.74 Å². The van der Waals surface area contributed by atoms with E-state index in [9.17, 15) is 5.11 Å². The maximum Gasteiger partial charge on any atom is 0.215 e. The molecule has 0 atom stereocenters. The minimum Gasteiger partial charge on any atom is -0.507 e. The highest BCUT2D eigenvalue weighted by molar-refractivity contribution is 5.77. The summed E-state index contributed by atoms with van der Waals surface area (Å²) in [4.78, 5) is 11.8. The number of benzene rings is 1. The Morgan fingerprint density at radius 2 is 2.00 bits per heavy atom. The third-order valence-corrected chi connectivity index (χ3v) is 2.77. The molecule has 2 aromatic heterocycles. The molecule has 0 bridgehead atoms. The third kappa shape index (κ3) is 2.10. The highest BCUT2D eigenvalue weighted by Gasteiger charge is 2.10. The van der Waals surface area contributed by atoms with Gasteiger partial charge in [-0.15, -0.1) is 0 Å². The van der Waals surface area contributed by atoms with Gasteiger partial charge in [-0.2, -0.15) is 4.98 Å². The Morgan fingerprint density at radius 1 is 1.16 bits per heavy atom. The van der Waals surface area contributed by atoms with Crippen molar-refractivity contribution < 1.29 is 9.84 Å². The first-order valence-corrected chi connectivity index (χ1v) is 6.06. The lowest BCUT2D eigenvalue weighted by atomic mass is 10.2. The van der Waals surface area contributed by atoms with Crippen LogP contribution >= 0.6 is 0 Å². The second kappa shape index (κ2) is 4.61. The molecule has 0 saturated heterocycles. The van der Waals surface area contributed by atoms with Gasteiger partial charge in [0.2, 0.25) is 5.88 Å². The van der Waals surface area contributed by atoms with E-state index in [-0.39, 0.29) is 5.75 Å². The van der Waals surface area contributed by atoms with Crippen LogP contribution in [0.2, 0.25) is 0 Å². The molecule has 5 nitrogen and oxygen atoms in total. The van der Waals surface area contributed by atoms with Crippen molar-refractivity contribution in [1.29, 1.82) is 0 Å². The Morgan fingerprint density at radius 3 is 2.79 bits per heavy atom. The standard InChI is InChI=1S/C14H13N3O2/c1-2-19-12-8-7-10-14(16-12)17-13(15-10)9-5-3-4-6-11(9)18/h3-8,18H,2H2,1H3,(H,15,16,17). The van der Waals surface area contributed by atoms with Gasteiger partial charge in [-0.25, -0.2) is 4.98 Å².